The second kappa shape index (κ2) is 9.82. The van der Waals surface area contributed by atoms with Crippen LogP contribution in [0.2, 0.25) is 0 Å². The first kappa shape index (κ1) is 21.3. The summed E-state index contributed by atoms with van der Waals surface area (Å²) in [6.45, 7) is 7.83. The summed E-state index contributed by atoms with van der Waals surface area (Å²) in [6, 6.07) is 5.64. The monoisotopic (exact) mass is 388 g/mol. The number of Topliss-reactive ketones (excluding diaryl/α,β-unsaturated/α-hetero) is 1. The van der Waals surface area contributed by atoms with E-state index in [-0.39, 0.29) is 23.9 Å². The van der Waals surface area contributed by atoms with Crippen LogP contribution in [0.3, 0.4) is 0 Å². The van der Waals surface area contributed by atoms with E-state index < -0.39 is 5.82 Å². The fourth-order valence-electron chi connectivity index (χ4n) is 2.52. The van der Waals surface area contributed by atoms with Crippen LogP contribution in [0.25, 0.3) is 0 Å². The molecule has 6 nitrogen and oxygen atoms in total. The van der Waals surface area contributed by atoms with Crippen molar-refractivity contribution < 1.29 is 23.5 Å². The van der Waals surface area contributed by atoms with Crippen molar-refractivity contribution in [2.75, 3.05) is 13.7 Å². The Morgan fingerprint density at radius 2 is 2.00 bits per heavy atom. The van der Waals surface area contributed by atoms with Crippen molar-refractivity contribution in [2.45, 2.75) is 40.2 Å². The molecule has 150 valence electrons. The van der Waals surface area contributed by atoms with Crippen LogP contribution in [0.5, 0.6) is 11.6 Å². The molecule has 2 aromatic rings. The summed E-state index contributed by atoms with van der Waals surface area (Å²) in [4.78, 5) is 22.3. The molecule has 0 bridgehead atoms. The third kappa shape index (κ3) is 5.52. The lowest BCUT2D eigenvalue weighted by atomic mass is 10.0. The quantitative estimate of drug-likeness (QED) is 0.366. The minimum Gasteiger partial charge on any atom is -0.496 e. The number of aromatic nitrogens is 1. The highest BCUT2D eigenvalue weighted by Crippen LogP contribution is 2.23. The molecule has 1 aromatic carbocycles. The van der Waals surface area contributed by atoms with Crippen LogP contribution in [0.4, 0.5) is 4.39 Å². The number of carbonyl (C=O) groups is 1. The number of benzene rings is 1. The minimum atomic E-state index is -0.497. The first-order chi connectivity index (χ1) is 13.3. The Hall–Kier alpha value is -2.96. The molecule has 0 aliphatic carbocycles. The van der Waals surface area contributed by atoms with Crippen LogP contribution in [-0.2, 0) is 11.3 Å². The molecule has 0 saturated heterocycles. The molecule has 1 heterocycles. The molecule has 0 aliphatic heterocycles. The molecule has 0 atom stereocenters. The van der Waals surface area contributed by atoms with Crippen LogP contribution >= 0.6 is 0 Å². The molecule has 0 aliphatic rings. The summed E-state index contributed by atoms with van der Waals surface area (Å²) in [5.41, 5.74) is 2.06. The van der Waals surface area contributed by atoms with Gasteiger partial charge in [0, 0.05) is 12.6 Å². The van der Waals surface area contributed by atoms with Crippen molar-refractivity contribution in [1.29, 1.82) is 0 Å². The van der Waals surface area contributed by atoms with E-state index in [1.807, 2.05) is 20.8 Å². The number of oxime groups is 1. The zero-order valence-corrected chi connectivity index (χ0v) is 16.8. The number of halogens is 1. The molecule has 0 unspecified atom stereocenters. The number of ether oxygens (including phenoxy) is 2. The van der Waals surface area contributed by atoms with E-state index in [1.165, 1.54) is 25.3 Å². The Morgan fingerprint density at radius 3 is 2.64 bits per heavy atom. The first-order valence-electron chi connectivity index (χ1n) is 9.04. The van der Waals surface area contributed by atoms with Gasteiger partial charge in [-0.3, -0.25) is 4.79 Å². The largest absolute Gasteiger partial charge is 0.496 e. The number of methoxy groups -OCH3 is 1. The highest BCUT2D eigenvalue weighted by molar-refractivity contribution is 6.02. The maximum absolute atomic E-state index is 13.6. The van der Waals surface area contributed by atoms with Gasteiger partial charge in [-0.1, -0.05) is 5.16 Å². The van der Waals surface area contributed by atoms with Crippen LogP contribution in [0.1, 0.15) is 49.2 Å². The van der Waals surface area contributed by atoms with Crippen LogP contribution in [0.15, 0.2) is 35.6 Å². The van der Waals surface area contributed by atoms with Gasteiger partial charge in [0.1, 0.15) is 17.7 Å². The summed E-state index contributed by atoms with van der Waals surface area (Å²) in [5, 5.41) is 4.10. The number of rotatable bonds is 9. The fourth-order valence-corrected chi connectivity index (χ4v) is 2.52. The van der Waals surface area contributed by atoms with E-state index in [9.17, 15) is 9.18 Å². The number of nitrogens with zero attached hydrogens (tertiary/aromatic N) is 2. The molecule has 0 fully saturated rings. The lowest BCUT2D eigenvalue weighted by molar-refractivity contribution is 0.0859. The van der Waals surface area contributed by atoms with Gasteiger partial charge in [0.2, 0.25) is 5.88 Å². The van der Waals surface area contributed by atoms with Crippen molar-refractivity contribution in [2.24, 2.45) is 5.16 Å². The van der Waals surface area contributed by atoms with Gasteiger partial charge in [-0.05, 0) is 57.5 Å². The Bertz CT molecular complexity index is 865. The second-order valence-corrected chi connectivity index (χ2v) is 6.40. The highest BCUT2D eigenvalue weighted by atomic mass is 19.1. The second-order valence-electron chi connectivity index (χ2n) is 6.40. The van der Waals surface area contributed by atoms with Gasteiger partial charge in [-0.15, -0.1) is 0 Å². The third-order valence-electron chi connectivity index (χ3n) is 3.81. The van der Waals surface area contributed by atoms with Gasteiger partial charge in [0.15, 0.2) is 5.78 Å². The molecule has 28 heavy (non-hydrogen) atoms. The van der Waals surface area contributed by atoms with Gasteiger partial charge in [0.05, 0.1) is 30.6 Å². The molecule has 0 radical (unpaired) electrons. The standard InChI is InChI=1S/C21H25FN2O4/c1-6-27-21-17(14(4)24-28-13(2)3)9-15(12-23-21)10-19(25)18-11-16(22)7-8-20(18)26-5/h7-9,11-13H,6,10H2,1-5H3/b24-14+. The predicted molar refractivity (Wildman–Crippen MR) is 105 cm³/mol. The smallest absolute Gasteiger partial charge is 0.222 e. The van der Waals surface area contributed by atoms with Gasteiger partial charge >= 0.3 is 0 Å². The summed E-state index contributed by atoms with van der Waals surface area (Å²) in [6.07, 6.45) is 1.53. The SMILES string of the molecule is CCOc1ncc(CC(=O)c2cc(F)ccc2OC)cc1/C(C)=N/OC(C)C. The van der Waals surface area contributed by atoms with Crippen molar-refractivity contribution in [3.63, 3.8) is 0 Å². The summed E-state index contributed by atoms with van der Waals surface area (Å²) >= 11 is 0. The molecule has 7 heteroatoms. The Morgan fingerprint density at radius 1 is 1.25 bits per heavy atom. The average molecular weight is 388 g/mol. The normalized spacial score (nSPS) is 11.5. The maximum atomic E-state index is 13.6. The van der Waals surface area contributed by atoms with E-state index in [4.69, 9.17) is 14.3 Å². The van der Waals surface area contributed by atoms with E-state index in [0.29, 0.717) is 35.1 Å². The molecule has 0 saturated carbocycles. The topological polar surface area (TPSA) is 70.0 Å². The number of carbonyl (C=O) groups excluding carboxylic acids is 1. The molecule has 0 spiro atoms. The molecule has 0 amide bonds. The lowest BCUT2D eigenvalue weighted by Gasteiger charge is -2.12. The zero-order valence-electron chi connectivity index (χ0n) is 16.8. The Balaban J connectivity index is 2.34. The van der Waals surface area contributed by atoms with E-state index >= 15 is 0 Å². The zero-order chi connectivity index (χ0) is 20.7. The van der Waals surface area contributed by atoms with Crippen LogP contribution in [-0.4, -0.2) is 36.3 Å². The van der Waals surface area contributed by atoms with Crippen molar-refractivity contribution in [3.8, 4) is 11.6 Å². The molecule has 1 aromatic heterocycles. The average Bonchev–Trinajstić information content (AvgIpc) is 2.67. The summed E-state index contributed by atoms with van der Waals surface area (Å²) < 4.78 is 24.3. The number of ketones is 1. The van der Waals surface area contributed by atoms with Crippen LogP contribution in [0, 0.1) is 5.82 Å². The summed E-state index contributed by atoms with van der Waals surface area (Å²) in [7, 11) is 1.44. The summed E-state index contributed by atoms with van der Waals surface area (Å²) in [5.74, 6) is -0.0333. The Kier molecular flexibility index (Phi) is 7.49. The number of hydrogen-bond donors (Lipinski definition) is 0. The van der Waals surface area contributed by atoms with E-state index in [2.05, 4.69) is 10.1 Å². The van der Waals surface area contributed by atoms with E-state index in [0.717, 1.165) is 0 Å². The first-order valence-corrected chi connectivity index (χ1v) is 9.04. The molecular formula is C21H25FN2O4. The molecule has 2 rings (SSSR count). The highest BCUT2D eigenvalue weighted by Gasteiger charge is 2.17. The fraction of sp³-hybridized carbons (Fsp3) is 0.381. The molecule has 0 N–H and O–H groups in total. The van der Waals surface area contributed by atoms with Gasteiger partial charge in [-0.2, -0.15) is 0 Å². The number of pyridine rings is 1. The molecular weight excluding hydrogens is 363 g/mol. The number of hydrogen-bond acceptors (Lipinski definition) is 6. The van der Waals surface area contributed by atoms with E-state index in [1.54, 1.807) is 19.2 Å². The lowest BCUT2D eigenvalue weighted by Crippen LogP contribution is -2.10. The third-order valence-corrected chi connectivity index (χ3v) is 3.81. The predicted octanol–water partition coefficient (Wildman–Crippen LogP) is 4.20. The van der Waals surface area contributed by atoms with Crippen molar-refractivity contribution in [3.05, 3.63) is 53.0 Å². The van der Waals surface area contributed by atoms with Crippen molar-refractivity contribution >= 4 is 11.5 Å². The Labute approximate surface area is 164 Å². The minimum absolute atomic E-state index is 0.0323. The van der Waals surface area contributed by atoms with Gasteiger partial charge in [0.25, 0.3) is 0 Å². The van der Waals surface area contributed by atoms with Gasteiger partial charge in [-0.25, -0.2) is 9.37 Å². The van der Waals surface area contributed by atoms with Crippen molar-refractivity contribution in [1.82, 2.24) is 4.98 Å². The van der Waals surface area contributed by atoms with Crippen LogP contribution < -0.4 is 9.47 Å². The maximum Gasteiger partial charge on any atom is 0.222 e. The van der Waals surface area contributed by atoms with Gasteiger partial charge < -0.3 is 14.3 Å².